The molecule has 2 saturated heterocycles. The molecule has 136 valence electrons. The molecule has 0 aromatic rings. The summed E-state index contributed by atoms with van der Waals surface area (Å²) in [7, 11) is 0. The van der Waals surface area contributed by atoms with Crippen LogP contribution in [0.2, 0.25) is 0 Å². The Balaban J connectivity index is 1.48. The lowest BCUT2D eigenvalue weighted by Crippen LogP contribution is -2.45. The normalized spacial score (nSPS) is 22.2. The van der Waals surface area contributed by atoms with Crippen LogP contribution in [0.1, 0.15) is 52.4 Å². The molecule has 23 heavy (non-hydrogen) atoms. The zero-order chi connectivity index (χ0) is 16.4. The third-order valence-corrected chi connectivity index (χ3v) is 5.14. The second kappa shape index (κ2) is 10.7. The van der Waals surface area contributed by atoms with E-state index in [1.54, 1.807) is 0 Å². The molecule has 2 heterocycles. The third-order valence-electron chi connectivity index (χ3n) is 5.14. The van der Waals surface area contributed by atoms with Crippen LogP contribution in [0, 0.1) is 5.41 Å². The molecule has 2 rings (SSSR count). The monoisotopic (exact) mass is 325 g/mol. The second-order valence-corrected chi connectivity index (χ2v) is 8.19. The highest BCUT2D eigenvalue weighted by atomic mass is 16.5. The van der Waals surface area contributed by atoms with Gasteiger partial charge >= 0.3 is 0 Å². The van der Waals surface area contributed by atoms with Crippen molar-refractivity contribution >= 4 is 0 Å². The van der Waals surface area contributed by atoms with E-state index in [2.05, 4.69) is 29.0 Å². The molecule has 0 unspecified atom stereocenters. The molecule has 1 N–H and O–H groups in total. The van der Waals surface area contributed by atoms with Crippen molar-refractivity contribution in [2.75, 3.05) is 65.6 Å². The third kappa shape index (κ3) is 8.48. The quantitative estimate of drug-likeness (QED) is 0.660. The van der Waals surface area contributed by atoms with Crippen LogP contribution in [-0.4, -0.2) is 75.4 Å². The first-order chi connectivity index (χ1) is 11.2. The summed E-state index contributed by atoms with van der Waals surface area (Å²) >= 11 is 0. The number of nitrogens with one attached hydrogen (secondary N) is 1. The predicted octanol–water partition coefficient (Wildman–Crippen LogP) is 2.59. The molecule has 0 aromatic carbocycles. The Morgan fingerprint density at radius 1 is 0.870 bits per heavy atom. The van der Waals surface area contributed by atoms with Crippen LogP contribution >= 0.6 is 0 Å². The largest absolute Gasteiger partial charge is 0.379 e. The molecule has 0 bridgehead atoms. The van der Waals surface area contributed by atoms with Gasteiger partial charge < -0.3 is 15.0 Å². The molecule has 0 amide bonds. The number of morpholine rings is 1. The first-order valence-corrected chi connectivity index (χ1v) is 9.89. The summed E-state index contributed by atoms with van der Waals surface area (Å²) in [6.07, 6.45) is 8.36. The minimum Gasteiger partial charge on any atom is -0.379 e. The second-order valence-electron chi connectivity index (χ2n) is 8.19. The highest BCUT2D eigenvalue weighted by Crippen LogP contribution is 2.16. The predicted molar refractivity (Wildman–Crippen MR) is 98.1 cm³/mol. The Kier molecular flexibility index (Phi) is 8.88. The molecule has 0 radical (unpaired) electrons. The van der Waals surface area contributed by atoms with Crippen molar-refractivity contribution in [2.45, 2.75) is 52.4 Å². The van der Waals surface area contributed by atoms with Crippen molar-refractivity contribution in [1.82, 2.24) is 15.1 Å². The van der Waals surface area contributed by atoms with Crippen LogP contribution in [0.3, 0.4) is 0 Å². The first-order valence-electron chi connectivity index (χ1n) is 9.89. The summed E-state index contributed by atoms with van der Waals surface area (Å²) in [6, 6.07) is 0. The van der Waals surface area contributed by atoms with Crippen LogP contribution in [0.5, 0.6) is 0 Å². The molecular formula is C19H39N3O. The fourth-order valence-corrected chi connectivity index (χ4v) is 3.79. The number of hydrogen-bond donors (Lipinski definition) is 1. The summed E-state index contributed by atoms with van der Waals surface area (Å²) < 4.78 is 5.44. The molecule has 0 aliphatic carbocycles. The summed E-state index contributed by atoms with van der Waals surface area (Å²) in [4.78, 5) is 5.22. The van der Waals surface area contributed by atoms with Crippen LogP contribution in [0.4, 0.5) is 0 Å². The molecule has 0 aromatic heterocycles. The molecule has 2 aliphatic rings. The van der Waals surface area contributed by atoms with Crippen molar-refractivity contribution in [3.8, 4) is 0 Å². The van der Waals surface area contributed by atoms with Crippen molar-refractivity contribution in [1.29, 1.82) is 0 Å². The van der Waals surface area contributed by atoms with Crippen molar-refractivity contribution in [3.05, 3.63) is 0 Å². The van der Waals surface area contributed by atoms with Crippen molar-refractivity contribution in [2.24, 2.45) is 5.41 Å². The Morgan fingerprint density at radius 2 is 1.57 bits per heavy atom. The van der Waals surface area contributed by atoms with Gasteiger partial charge in [0.25, 0.3) is 0 Å². The summed E-state index contributed by atoms with van der Waals surface area (Å²) in [5.74, 6) is 0. The van der Waals surface area contributed by atoms with Crippen LogP contribution < -0.4 is 5.32 Å². The molecule has 0 atom stereocenters. The smallest absolute Gasteiger partial charge is 0.0594 e. The fraction of sp³-hybridized carbons (Fsp3) is 1.00. The minimum absolute atomic E-state index is 0.349. The molecule has 4 heteroatoms. The van der Waals surface area contributed by atoms with Gasteiger partial charge in [-0.05, 0) is 57.3 Å². The number of unbranched alkanes of at least 4 members (excludes halogenated alkanes) is 1. The zero-order valence-corrected chi connectivity index (χ0v) is 15.6. The van der Waals surface area contributed by atoms with E-state index in [-0.39, 0.29) is 0 Å². The average Bonchev–Trinajstić information content (AvgIpc) is 2.80. The molecule has 0 spiro atoms. The number of nitrogens with zero attached hydrogens (tertiary/aromatic N) is 2. The van der Waals surface area contributed by atoms with Gasteiger partial charge in [-0.2, -0.15) is 0 Å². The van der Waals surface area contributed by atoms with Gasteiger partial charge in [-0.3, -0.25) is 4.90 Å². The van der Waals surface area contributed by atoms with E-state index in [9.17, 15) is 0 Å². The van der Waals surface area contributed by atoms with Gasteiger partial charge in [0.15, 0.2) is 0 Å². The highest BCUT2D eigenvalue weighted by Gasteiger charge is 2.22. The van der Waals surface area contributed by atoms with E-state index in [0.717, 1.165) is 32.8 Å². The number of rotatable bonds is 9. The Hall–Kier alpha value is -0.160. The van der Waals surface area contributed by atoms with E-state index in [1.807, 2.05) is 0 Å². The molecule has 0 saturated carbocycles. The molecular weight excluding hydrogens is 286 g/mol. The van der Waals surface area contributed by atoms with Crippen LogP contribution in [0.15, 0.2) is 0 Å². The summed E-state index contributed by atoms with van der Waals surface area (Å²) in [6.45, 7) is 16.2. The van der Waals surface area contributed by atoms with Crippen molar-refractivity contribution < 1.29 is 4.74 Å². The van der Waals surface area contributed by atoms with E-state index in [0.29, 0.717) is 5.41 Å². The fourth-order valence-electron chi connectivity index (χ4n) is 3.79. The Morgan fingerprint density at radius 3 is 2.26 bits per heavy atom. The average molecular weight is 326 g/mol. The van der Waals surface area contributed by atoms with E-state index >= 15 is 0 Å². The van der Waals surface area contributed by atoms with E-state index < -0.39 is 0 Å². The maximum Gasteiger partial charge on any atom is 0.0594 e. The minimum atomic E-state index is 0.349. The summed E-state index contributed by atoms with van der Waals surface area (Å²) in [5, 5.41) is 3.69. The van der Waals surface area contributed by atoms with E-state index in [1.165, 1.54) is 71.2 Å². The zero-order valence-electron chi connectivity index (χ0n) is 15.6. The molecule has 2 aliphatic heterocycles. The number of hydrogen-bond acceptors (Lipinski definition) is 4. The highest BCUT2D eigenvalue weighted by molar-refractivity contribution is 4.77. The van der Waals surface area contributed by atoms with Crippen molar-refractivity contribution in [3.63, 3.8) is 0 Å². The van der Waals surface area contributed by atoms with Gasteiger partial charge in [0, 0.05) is 26.2 Å². The maximum absolute atomic E-state index is 5.44. The van der Waals surface area contributed by atoms with Gasteiger partial charge in [0.05, 0.1) is 13.2 Å². The van der Waals surface area contributed by atoms with Gasteiger partial charge in [-0.15, -0.1) is 0 Å². The topological polar surface area (TPSA) is 27.7 Å². The summed E-state index contributed by atoms with van der Waals surface area (Å²) in [5.41, 5.74) is 0.349. The van der Waals surface area contributed by atoms with Gasteiger partial charge in [-0.1, -0.05) is 26.7 Å². The standard InChI is InChI=1S/C19H39N3O/c1-19(2,18-22-13-15-23-16-14-22)17-20-9-5-8-12-21-10-6-3-4-7-11-21/h20H,3-18H2,1-2H3. The number of likely N-dealkylation sites (tertiary alicyclic amines) is 1. The Bertz CT molecular complexity index is 295. The molecule has 4 nitrogen and oxygen atoms in total. The first kappa shape index (κ1) is 19.2. The maximum atomic E-state index is 5.44. The van der Waals surface area contributed by atoms with Gasteiger partial charge in [0.2, 0.25) is 0 Å². The van der Waals surface area contributed by atoms with Gasteiger partial charge in [0.1, 0.15) is 0 Å². The number of ether oxygens (including phenoxy) is 1. The molecule has 2 fully saturated rings. The van der Waals surface area contributed by atoms with Crippen LogP contribution in [0.25, 0.3) is 0 Å². The van der Waals surface area contributed by atoms with Gasteiger partial charge in [-0.25, -0.2) is 0 Å². The lowest BCUT2D eigenvalue weighted by molar-refractivity contribution is 0.0213. The van der Waals surface area contributed by atoms with Crippen LogP contribution in [-0.2, 0) is 4.74 Å². The van der Waals surface area contributed by atoms with E-state index in [4.69, 9.17) is 4.74 Å². The lowest BCUT2D eigenvalue weighted by atomic mass is 9.92. The SMILES string of the molecule is CC(C)(CNCCCCN1CCCCCC1)CN1CCOCC1. The lowest BCUT2D eigenvalue weighted by Gasteiger charge is -2.35. The Labute approximate surface area is 143 Å².